The van der Waals surface area contributed by atoms with Crippen LogP contribution in [-0.2, 0) is 4.74 Å². The van der Waals surface area contributed by atoms with E-state index in [1.54, 1.807) is 7.11 Å². The van der Waals surface area contributed by atoms with Crippen LogP contribution in [0.25, 0.3) is 0 Å². The van der Waals surface area contributed by atoms with Crippen molar-refractivity contribution in [2.24, 2.45) is 0 Å². The van der Waals surface area contributed by atoms with E-state index in [9.17, 15) is 0 Å². The molecular weight excluding hydrogens is 224 g/mol. The van der Waals surface area contributed by atoms with E-state index >= 15 is 0 Å². The summed E-state index contributed by atoms with van der Waals surface area (Å²) in [7, 11) is 1.66. The number of benzene rings is 1. The van der Waals surface area contributed by atoms with Crippen LogP contribution >= 0.6 is 11.6 Å². The predicted octanol–water partition coefficient (Wildman–Crippen LogP) is 3.54. The van der Waals surface area contributed by atoms with Crippen LogP contribution in [0.1, 0.15) is 30.2 Å². The number of hydrogen-bond donors (Lipinski definition) is 0. The van der Waals surface area contributed by atoms with Gasteiger partial charge in [0.1, 0.15) is 5.75 Å². The van der Waals surface area contributed by atoms with Crippen molar-refractivity contribution < 1.29 is 9.47 Å². The SMILES string of the molecule is COc1ccc(C(Cl)C2CCCCO2)cc1. The summed E-state index contributed by atoms with van der Waals surface area (Å²) in [4.78, 5) is 0. The lowest BCUT2D eigenvalue weighted by atomic mass is 10.0. The summed E-state index contributed by atoms with van der Waals surface area (Å²) in [5.74, 6) is 0.858. The molecule has 1 fully saturated rings. The van der Waals surface area contributed by atoms with Crippen molar-refractivity contribution in [1.29, 1.82) is 0 Å². The predicted molar refractivity (Wildman–Crippen MR) is 65.2 cm³/mol. The average molecular weight is 241 g/mol. The fraction of sp³-hybridized carbons (Fsp3) is 0.538. The van der Waals surface area contributed by atoms with Crippen molar-refractivity contribution in [2.75, 3.05) is 13.7 Å². The topological polar surface area (TPSA) is 18.5 Å². The Balaban J connectivity index is 2.04. The summed E-state index contributed by atoms with van der Waals surface area (Å²) in [6.07, 6.45) is 3.58. The third kappa shape index (κ3) is 2.69. The first kappa shape index (κ1) is 11.7. The number of rotatable bonds is 3. The van der Waals surface area contributed by atoms with E-state index in [0.29, 0.717) is 0 Å². The molecule has 0 saturated carbocycles. The average Bonchev–Trinajstić information content (AvgIpc) is 2.39. The van der Waals surface area contributed by atoms with E-state index in [0.717, 1.165) is 30.8 Å². The van der Waals surface area contributed by atoms with Crippen molar-refractivity contribution in [3.8, 4) is 5.75 Å². The first-order valence-electron chi connectivity index (χ1n) is 5.71. The second-order valence-corrected chi connectivity index (χ2v) is 4.55. The monoisotopic (exact) mass is 240 g/mol. The van der Waals surface area contributed by atoms with Crippen molar-refractivity contribution >= 4 is 11.6 Å². The van der Waals surface area contributed by atoms with Gasteiger partial charge in [-0.15, -0.1) is 11.6 Å². The maximum Gasteiger partial charge on any atom is 0.118 e. The molecule has 16 heavy (non-hydrogen) atoms. The first-order chi connectivity index (χ1) is 7.81. The quantitative estimate of drug-likeness (QED) is 0.753. The van der Waals surface area contributed by atoms with Gasteiger partial charge in [0.05, 0.1) is 18.6 Å². The Morgan fingerprint density at radius 1 is 1.31 bits per heavy atom. The minimum absolute atomic E-state index is 0.0498. The van der Waals surface area contributed by atoms with Crippen LogP contribution in [-0.4, -0.2) is 19.8 Å². The zero-order chi connectivity index (χ0) is 11.4. The highest BCUT2D eigenvalue weighted by Gasteiger charge is 2.23. The minimum Gasteiger partial charge on any atom is -0.497 e. The van der Waals surface area contributed by atoms with Crippen LogP contribution in [0, 0.1) is 0 Å². The number of methoxy groups -OCH3 is 1. The summed E-state index contributed by atoms with van der Waals surface area (Å²) in [5.41, 5.74) is 1.11. The molecule has 0 amide bonds. The molecule has 3 heteroatoms. The zero-order valence-electron chi connectivity index (χ0n) is 9.49. The second kappa shape index (κ2) is 5.55. The van der Waals surface area contributed by atoms with Crippen molar-refractivity contribution in [2.45, 2.75) is 30.7 Å². The van der Waals surface area contributed by atoms with Gasteiger partial charge in [0.25, 0.3) is 0 Å². The molecule has 0 spiro atoms. The highest BCUT2D eigenvalue weighted by Crippen LogP contribution is 2.32. The summed E-state index contributed by atoms with van der Waals surface area (Å²) in [6.45, 7) is 0.837. The Morgan fingerprint density at radius 3 is 2.62 bits per heavy atom. The van der Waals surface area contributed by atoms with Gasteiger partial charge in [-0.2, -0.15) is 0 Å². The lowest BCUT2D eigenvalue weighted by Crippen LogP contribution is -2.23. The van der Waals surface area contributed by atoms with E-state index in [2.05, 4.69) is 0 Å². The third-order valence-electron chi connectivity index (χ3n) is 2.98. The van der Waals surface area contributed by atoms with Gasteiger partial charge in [-0.25, -0.2) is 0 Å². The molecule has 1 aliphatic rings. The molecule has 0 aromatic heterocycles. The van der Waals surface area contributed by atoms with Crippen LogP contribution in [0.2, 0.25) is 0 Å². The van der Waals surface area contributed by atoms with Gasteiger partial charge in [0.15, 0.2) is 0 Å². The standard InChI is InChI=1S/C13H17ClO2/c1-15-11-7-5-10(6-8-11)13(14)12-4-2-3-9-16-12/h5-8,12-13H,2-4,9H2,1H3. The maximum absolute atomic E-state index is 6.41. The number of alkyl halides is 1. The Bertz CT molecular complexity index is 317. The minimum atomic E-state index is -0.0498. The van der Waals surface area contributed by atoms with E-state index in [1.165, 1.54) is 6.42 Å². The second-order valence-electron chi connectivity index (χ2n) is 4.08. The van der Waals surface area contributed by atoms with E-state index < -0.39 is 0 Å². The van der Waals surface area contributed by atoms with E-state index in [-0.39, 0.29) is 11.5 Å². The van der Waals surface area contributed by atoms with Crippen LogP contribution in [0.5, 0.6) is 5.75 Å². The zero-order valence-corrected chi connectivity index (χ0v) is 10.2. The third-order valence-corrected chi connectivity index (χ3v) is 3.51. The first-order valence-corrected chi connectivity index (χ1v) is 6.14. The molecule has 1 aromatic rings. The molecule has 0 aliphatic carbocycles. The maximum atomic E-state index is 6.41. The molecule has 1 aliphatic heterocycles. The molecule has 0 bridgehead atoms. The molecule has 1 heterocycles. The number of ether oxygens (including phenoxy) is 2. The van der Waals surface area contributed by atoms with Gasteiger partial charge in [0, 0.05) is 6.61 Å². The molecule has 2 atom stereocenters. The van der Waals surface area contributed by atoms with Gasteiger partial charge in [-0.3, -0.25) is 0 Å². The summed E-state index contributed by atoms with van der Waals surface area (Å²) in [5, 5.41) is -0.0498. The van der Waals surface area contributed by atoms with Crippen molar-refractivity contribution in [1.82, 2.24) is 0 Å². The van der Waals surface area contributed by atoms with Crippen molar-refractivity contribution in [3.63, 3.8) is 0 Å². The molecular formula is C13H17ClO2. The fourth-order valence-corrected chi connectivity index (χ4v) is 2.34. The molecule has 0 radical (unpaired) electrons. The van der Waals surface area contributed by atoms with Gasteiger partial charge in [-0.1, -0.05) is 12.1 Å². The molecule has 88 valence electrons. The molecule has 2 nitrogen and oxygen atoms in total. The van der Waals surface area contributed by atoms with Gasteiger partial charge in [-0.05, 0) is 37.0 Å². The van der Waals surface area contributed by atoms with Crippen molar-refractivity contribution in [3.05, 3.63) is 29.8 Å². The highest BCUT2D eigenvalue weighted by molar-refractivity contribution is 6.21. The van der Waals surface area contributed by atoms with E-state index in [4.69, 9.17) is 21.1 Å². The van der Waals surface area contributed by atoms with Gasteiger partial charge < -0.3 is 9.47 Å². The summed E-state index contributed by atoms with van der Waals surface area (Å²) < 4.78 is 10.8. The van der Waals surface area contributed by atoms with Gasteiger partial charge >= 0.3 is 0 Å². The van der Waals surface area contributed by atoms with E-state index in [1.807, 2.05) is 24.3 Å². The molecule has 1 aromatic carbocycles. The smallest absolute Gasteiger partial charge is 0.118 e. The molecule has 1 saturated heterocycles. The Morgan fingerprint density at radius 2 is 2.06 bits per heavy atom. The number of halogens is 1. The lowest BCUT2D eigenvalue weighted by molar-refractivity contribution is 0.0136. The Labute approximate surface area is 102 Å². The fourth-order valence-electron chi connectivity index (χ4n) is 2.00. The molecule has 0 N–H and O–H groups in total. The Kier molecular flexibility index (Phi) is 4.08. The Hall–Kier alpha value is -0.730. The van der Waals surface area contributed by atoms with Crippen LogP contribution in [0.15, 0.2) is 24.3 Å². The highest BCUT2D eigenvalue weighted by atomic mass is 35.5. The summed E-state index contributed by atoms with van der Waals surface area (Å²) >= 11 is 6.41. The van der Waals surface area contributed by atoms with Crippen LogP contribution in [0.3, 0.4) is 0 Å². The summed E-state index contributed by atoms with van der Waals surface area (Å²) in [6, 6.07) is 7.89. The molecule has 2 rings (SSSR count). The largest absolute Gasteiger partial charge is 0.497 e. The normalized spacial score (nSPS) is 22.8. The lowest BCUT2D eigenvalue weighted by Gasteiger charge is -2.26. The van der Waals surface area contributed by atoms with Crippen LogP contribution in [0.4, 0.5) is 0 Å². The van der Waals surface area contributed by atoms with Crippen LogP contribution < -0.4 is 4.74 Å². The molecule has 2 unspecified atom stereocenters. The van der Waals surface area contributed by atoms with Gasteiger partial charge in [0.2, 0.25) is 0 Å². The number of hydrogen-bond acceptors (Lipinski definition) is 2.